The molecule has 2 unspecified atom stereocenters. The summed E-state index contributed by atoms with van der Waals surface area (Å²) in [5.41, 5.74) is 0. The van der Waals surface area contributed by atoms with Gasteiger partial charge in [-0.3, -0.25) is 9.69 Å². The maximum Gasteiger partial charge on any atom is 0.236 e. The van der Waals surface area contributed by atoms with Gasteiger partial charge in [-0.2, -0.15) is 0 Å². The van der Waals surface area contributed by atoms with Gasteiger partial charge in [0.25, 0.3) is 0 Å². The number of carbonyl (C=O) groups excluding carboxylic acids is 1. The van der Waals surface area contributed by atoms with E-state index in [0.717, 1.165) is 25.9 Å². The Morgan fingerprint density at radius 3 is 2.71 bits per heavy atom. The molecule has 1 heterocycles. The molecule has 4 nitrogen and oxygen atoms in total. The van der Waals surface area contributed by atoms with Crippen molar-refractivity contribution in [2.24, 2.45) is 5.92 Å². The first kappa shape index (κ1) is 12.8. The minimum atomic E-state index is -0.174. The van der Waals surface area contributed by atoms with Gasteiger partial charge in [0.05, 0.1) is 12.6 Å². The number of likely N-dealkylation sites (N-methyl/N-ethyl adjacent to an activating group) is 1. The number of hydrogen-bond donors (Lipinski definition) is 1. The van der Waals surface area contributed by atoms with Crippen molar-refractivity contribution in [1.29, 1.82) is 0 Å². The van der Waals surface area contributed by atoms with E-state index in [0.29, 0.717) is 18.5 Å². The monoisotopic (exact) mass is 240 g/mol. The summed E-state index contributed by atoms with van der Waals surface area (Å²) in [4.78, 5) is 16.1. The maximum absolute atomic E-state index is 12.0. The highest BCUT2D eigenvalue weighted by atomic mass is 16.3. The summed E-state index contributed by atoms with van der Waals surface area (Å²) in [6.45, 7) is 4.34. The quantitative estimate of drug-likeness (QED) is 0.786. The van der Waals surface area contributed by atoms with E-state index in [1.54, 1.807) is 0 Å². The summed E-state index contributed by atoms with van der Waals surface area (Å²) >= 11 is 0. The van der Waals surface area contributed by atoms with E-state index >= 15 is 0 Å². The number of aliphatic hydroxyl groups excluding tert-OH is 1. The molecule has 0 bridgehead atoms. The number of aliphatic hydroxyl groups is 1. The lowest BCUT2D eigenvalue weighted by atomic mass is 9.92. The van der Waals surface area contributed by atoms with Gasteiger partial charge in [-0.25, -0.2) is 0 Å². The van der Waals surface area contributed by atoms with Crippen molar-refractivity contribution in [3.63, 3.8) is 0 Å². The second-order valence-corrected chi connectivity index (χ2v) is 5.50. The van der Waals surface area contributed by atoms with E-state index in [4.69, 9.17) is 0 Å². The molecule has 0 aromatic carbocycles. The Morgan fingerprint density at radius 1 is 1.41 bits per heavy atom. The van der Waals surface area contributed by atoms with Crippen LogP contribution >= 0.6 is 0 Å². The Morgan fingerprint density at radius 2 is 2.12 bits per heavy atom. The third-order valence-electron chi connectivity index (χ3n) is 4.15. The zero-order valence-electron chi connectivity index (χ0n) is 10.9. The van der Waals surface area contributed by atoms with Crippen molar-refractivity contribution in [3.05, 3.63) is 0 Å². The van der Waals surface area contributed by atoms with E-state index < -0.39 is 0 Å². The molecule has 0 radical (unpaired) electrons. The molecule has 0 aromatic heterocycles. The Balaban J connectivity index is 1.80. The van der Waals surface area contributed by atoms with Gasteiger partial charge >= 0.3 is 0 Å². The number of rotatable bonds is 4. The van der Waals surface area contributed by atoms with E-state index in [9.17, 15) is 9.90 Å². The molecule has 2 aliphatic rings. The van der Waals surface area contributed by atoms with Gasteiger partial charge in [-0.15, -0.1) is 0 Å². The van der Waals surface area contributed by atoms with Crippen LogP contribution in [0.25, 0.3) is 0 Å². The number of amides is 1. The van der Waals surface area contributed by atoms with Crippen molar-refractivity contribution in [3.8, 4) is 0 Å². The minimum absolute atomic E-state index is 0.174. The fourth-order valence-corrected chi connectivity index (χ4v) is 2.61. The summed E-state index contributed by atoms with van der Waals surface area (Å²) in [5, 5.41) is 9.81. The summed E-state index contributed by atoms with van der Waals surface area (Å²) in [6.07, 6.45) is 3.95. The molecule has 2 atom stereocenters. The summed E-state index contributed by atoms with van der Waals surface area (Å²) in [5.74, 6) is 0.571. The van der Waals surface area contributed by atoms with Crippen LogP contribution in [0.15, 0.2) is 0 Å². The number of carbonyl (C=O) groups is 1. The molecule has 0 spiro atoms. The summed E-state index contributed by atoms with van der Waals surface area (Å²) in [7, 11) is 1.91. The average Bonchev–Trinajstić information content (AvgIpc) is 3.14. The smallest absolute Gasteiger partial charge is 0.236 e. The third kappa shape index (κ3) is 3.19. The Bertz CT molecular complexity index is 279. The highest BCUT2D eigenvalue weighted by Crippen LogP contribution is 2.26. The van der Waals surface area contributed by atoms with Gasteiger partial charge in [-0.05, 0) is 31.6 Å². The lowest BCUT2D eigenvalue weighted by Gasteiger charge is -2.36. The van der Waals surface area contributed by atoms with Crippen LogP contribution in [-0.4, -0.2) is 59.6 Å². The molecule has 1 aliphatic carbocycles. The second-order valence-electron chi connectivity index (χ2n) is 5.50. The van der Waals surface area contributed by atoms with Gasteiger partial charge < -0.3 is 10.0 Å². The molecule has 17 heavy (non-hydrogen) atoms. The van der Waals surface area contributed by atoms with Crippen molar-refractivity contribution in [1.82, 2.24) is 9.80 Å². The molecular weight excluding hydrogens is 216 g/mol. The molecule has 1 saturated carbocycles. The lowest BCUT2D eigenvalue weighted by Crippen LogP contribution is -2.47. The van der Waals surface area contributed by atoms with Crippen LogP contribution < -0.4 is 0 Å². The summed E-state index contributed by atoms with van der Waals surface area (Å²) in [6, 6.07) is 0.500. The minimum Gasteiger partial charge on any atom is -0.393 e. The molecule has 1 saturated heterocycles. The number of piperidine rings is 1. The molecule has 2 rings (SSSR count). The molecule has 1 amide bonds. The second kappa shape index (κ2) is 5.36. The average molecular weight is 240 g/mol. The first-order chi connectivity index (χ1) is 8.11. The summed E-state index contributed by atoms with van der Waals surface area (Å²) < 4.78 is 0. The molecule has 0 aromatic rings. The lowest BCUT2D eigenvalue weighted by molar-refractivity contribution is -0.132. The topological polar surface area (TPSA) is 43.8 Å². The SMILES string of the molecule is CCC1CN(CC(=O)N(C)C2CC2)CCC1O. The van der Waals surface area contributed by atoms with Crippen LogP contribution in [0.3, 0.4) is 0 Å². The standard InChI is InChI=1S/C13H24N2O2/c1-3-10-8-15(7-6-12(10)16)9-13(17)14(2)11-4-5-11/h10-12,16H,3-9H2,1-2H3. The van der Waals surface area contributed by atoms with Crippen molar-refractivity contribution >= 4 is 5.91 Å². The van der Waals surface area contributed by atoms with Crippen LogP contribution in [-0.2, 0) is 4.79 Å². The third-order valence-corrected chi connectivity index (χ3v) is 4.15. The molecule has 4 heteroatoms. The van der Waals surface area contributed by atoms with Gasteiger partial charge in [0.15, 0.2) is 0 Å². The molecule has 2 fully saturated rings. The number of hydrogen-bond acceptors (Lipinski definition) is 3. The van der Waals surface area contributed by atoms with Crippen LogP contribution in [0.2, 0.25) is 0 Å². The predicted molar refractivity (Wildman–Crippen MR) is 66.6 cm³/mol. The van der Waals surface area contributed by atoms with E-state index in [1.807, 2.05) is 11.9 Å². The van der Waals surface area contributed by atoms with Gasteiger partial charge in [0, 0.05) is 26.2 Å². The zero-order chi connectivity index (χ0) is 12.4. The highest BCUT2D eigenvalue weighted by Gasteiger charge is 2.32. The first-order valence-corrected chi connectivity index (χ1v) is 6.78. The molecule has 98 valence electrons. The van der Waals surface area contributed by atoms with E-state index in [-0.39, 0.29) is 12.0 Å². The normalized spacial score (nSPS) is 30.3. The van der Waals surface area contributed by atoms with Crippen molar-refractivity contribution in [2.75, 3.05) is 26.7 Å². The molecule has 1 N–H and O–H groups in total. The number of nitrogens with zero attached hydrogens (tertiary/aromatic N) is 2. The molecular formula is C13H24N2O2. The van der Waals surface area contributed by atoms with Crippen LogP contribution in [0, 0.1) is 5.92 Å². The Labute approximate surface area is 104 Å². The van der Waals surface area contributed by atoms with Crippen LogP contribution in [0.1, 0.15) is 32.6 Å². The molecule has 1 aliphatic heterocycles. The van der Waals surface area contributed by atoms with Gasteiger partial charge in [-0.1, -0.05) is 6.92 Å². The first-order valence-electron chi connectivity index (χ1n) is 6.78. The Kier molecular flexibility index (Phi) is 4.05. The van der Waals surface area contributed by atoms with E-state index in [2.05, 4.69) is 11.8 Å². The van der Waals surface area contributed by atoms with E-state index in [1.165, 1.54) is 12.8 Å². The zero-order valence-corrected chi connectivity index (χ0v) is 10.9. The predicted octanol–water partition coefficient (Wildman–Crippen LogP) is 0.700. The van der Waals surface area contributed by atoms with Gasteiger partial charge in [0.1, 0.15) is 0 Å². The van der Waals surface area contributed by atoms with Crippen molar-refractivity contribution < 1.29 is 9.90 Å². The highest BCUT2D eigenvalue weighted by molar-refractivity contribution is 5.78. The van der Waals surface area contributed by atoms with Crippen LogP contribution in [0.4, 0.5) is 0 Å². The van der Waals surface area contributed by atoms with Crippen LogP contribution in [0.5, 0.6) is 0 Å². The Hall–Kier alpha value is -0.610. The largest absolute Gasteiger partial charge is 0.393 e. The number of likely N-dealkylation sites (tertiary alicyclic amines) is 1. The van der Waals surface area contributed by atoms with Crippen molar-refractivity contribution in [2.45, 2.75) is 44.8 Å². The fourth-order valence-electron chi connectivity index (χ4n) is 2.61. The fraction of sp³-hybridized carbons (Fsp3) is 0.923. The maximum atomic E-state index is 12.0. The van der Waals surface area contributed by atoms with Gasteiger partial charge in [0.2, 0.25) is 5.91 Å².